The van der Waals surface area contributed by atoms with Gasteiger partial charge in [0.1, 0.15) is 12.3 Å². The molecule has 0 aliphatic carbocycles. The molecule has 0 unspecified atom stereocenters. The van der Waals surface area contributed by atoms with Crippen LogP contribution in [0.5, 0.6) is 5.75 Å². The molecule has 1 aliphatic rings. The number of benzene rings is 2. The molecule has 0 radical (unpaired) electrons. The zero-order chi connectivity index (χ0) is 24.6. The lowest BCUT2D eigenvalue weighted by atomic mass is 10.1. The van der Waals surface area contributed by atoms with Crippen LogP contribution in [0.1, 0.15) is 24.8 Å². The topological polar surface area (TPSA) is 108 Å². The Balaban J connectivity index is 1.51. The van der Waals surface area contributed by atoms with Crippen LogP contribution in [-0.2, 0) is 19.6 Å². The second kappa shape index (κ2) is 12.0. The van der Waals surface area contributed by atoms with Crippen LogP contribution in [0.25, 0.3) is 0 Å². The van der Waals surface area contributed by atoms with Crippen LogP contribution in [0.3, 0.4) is 0 Å². The van der Waals surface area contributed by atoms with E-state index in [1.54, 1.807) is 48.5 Å². The number of anilines is 1. The number of hydrogen-bond acceptors (Lipinski definition) is 6. The molecule has 0 spiro atoms. The number of ether oxygens (including phenoxy) is 1. The largest absolute Gasteiger partial charge is 0.484 e. The number of sulfonamides is 1. The molecule has 11 heteroatoms. The van der Waals surface area contributed by atoms with E-state index in [1.165, 1.54) is 6.21 Å². The highest BCUT2D eigenvalue weighted by atomic mass is 79.9. The summed E-state index contributed by atoms with van der Waals surface area (Å²) >= 11 is 3.31. The van der Waals surface area contributed by atoms with Crippen LogP contribution in [0.4, 0.5) is 5.69 Å². The molecule has 0 bridgehead atoms. The standard InChI is InChI=1S/C23H27BrN4O5S/c1-34(31,32)28(21-8-4-3-7-20(21)24)16-22(29)26-25-15-18-9-11-19(12-10-18)33-17-23(30)27-13-5-2-6-14-27/h3-4,7-12,15H,2,5-6,13-14,16-17H2,1H3,(H,26,29)/b25-15+. The normalized spacial score (nSPS) is 14.1. The van der Waals surface area contributed by atoms with E-state index in [2.05, 4.69) is 26.5 Å². The minimum absolute atomic E-state index is 0.00212. The summed E-state index contributed by atoms with van der Waals surface area (Å²) in [6, 6.07) is 13.6. The van der Waals surface area contributed by atoms with Gasteiger partial charge in [-0.1, -0.05) is 12.1 Å². The van der Waals surface area contributed by atoms with Gasteiger partial charge in [-0.3, -0.25) is 13.9 Å². The van der Waals surface area contributed by atoms with Crippen molar-refractivity contribution in [3.63, 3.8) is 0 Å². The Bertz CT molecular complexity index is 1130. The molecule has 1 N–H and O–H groups in total. The van der Waals surface area contributed by atoms with Crippen molar-refractivity contribution >= 4 is 49.7 Å². The van der Waals surface area contributed by atoms with E-state index >= 15 is 0 Å². The number of nitrogens with one attached hydrogen (secondary N) is 1. The minimum Gasteiger partial charge on any atom is -0.484 e. The highest BCUT2D eigenvalue weighted by Crippen LogP contribution is 2.27. The SMILES string of the molecule is CS(=O)(=O)N(CC(=O)N/N=C/c1ccc(OCC(=O)N2CCCCC2)cc1)c1ccccc1Br. The van der Waals surface area contributed by atoms with E-state index in [0.717, 1.165) is 42.9 Å². The molecule has 2 aromatic rings. The van der Waals surface area contributed by atoms with Crippen LogP contribution < -0.4 is 14.5 Å². The highest BCUT2D eigenvalue weighted by Gasteiger charge is 2.22. The molecule has 9 nitrogen and oxygen atoms in total. The molecule has 34 heavy (non-hydrogen) atoms. The Kier molecular flexibility index (Phi) is 9.05. The molecule has 0 aromatic heterocycles. The van der Waals surface area contributed by atoms with Crippen molar-refractivity contribution in [3.8, 4) is 5.75 Å². The maximum atomic E-state index is 12.3. The van der Waals surface area contributed by atoms with Crippen molar-refractivity contribution in [1.82, 2.24) is 10.3 Å². The minimum atomic E-state index is -3.69. The van der Waals surface area contributed by atoms with Gasteiger partial charge in [0.2, 0.25) is 10.0 Å². The number of hydrazone groups is 1. The average Bonchev–Trinajstić information content (AvgIpc) is 2.82. The number of carbonyl (C=O) groups excluding carboxylic acids is 2. The summed E-state index contributed by atoms with van der Waals surface area (Å²) in [7, 11) is -3.69. The molecule has 1 fully saturated rings. The number of likely N-dealkylation sites (tertiary alicyclic amines) is 1. The van der Waals surface area contributed by atoms with E-state index in [-0.39, 0.29) is 12.5 Å². The van der Waals surface area contributed by atoms with Crippen LogP contribution >= 0.6 is 15.9 Å². The lowest BCUT2D eigenvalue weighted by Gasteiger charge is -2.26. The van der Waals surface area contributed by atoms with Gasteiger partial charge in [-0.2, -0.15) is 5.10 Å². The van der Waals surface area contributed by atoms with Crippen molar-refractivity contribution in [1.29, 1.82) is 0 Å². The molecule has 2 aromatic carbocycles. The summed E-state index contributed by atoms with van der Waals surface area (Å²) < 4.78 is 31.5. The van der Waals surface area contributed by atoms with Crippen LogP contribution in [0, 0.1) is 0 Å². The second-order valence-electron chi connectivity index (χ2n) is 7.81. The molecule has 1 aliphatic heterocycles. The lowest BCUT2D eigenvalue weighted by molar-refractivity contribution is -0.134. The number of rotatable bonds is 9. The summed E-state index contributed by atoms with van der Waals surface area (Å²) in [4.78, 5) is 26.3. The third kappa shape index (κ3) is 7.56. The molecular formula is C23H27BrN4O5S. The smallest absolute Gasteiger partial charge is 0.260 e. The third-order valence-electron chi connectivity index (χ3n) is 5.16. The Hall–Kier alpha value is -2.92. The van der Waals surface area contributed by atoms with Crippen molar-refractivity contribution in [2.45, 2.75) is 19.3 Å². The number of nitrogens with zero attached hydrogens (tertiary/aromatic N) is 3. The van der Waals surface area contributed by atoms with Gasteiger partial charge in [-0.25, -0.2) is 13.8 Å². The summed E-state index contributed by atoms with van der Waals surface area (Å²) in [6.07, 6.45) is 5.70. The second-order valence-corrected chi connectivity index (χ2v) is 10.6. The molecule has 0 atom stereocenters. The number of amides is 2. The quantitative estimate of drug-likeness (QED) is 0.381. The number of carbonyl (C=O) groups is 2. The van der Waals surface area contributed by atoms with Crippen molar-refractivity contribution in [2.24, 2.45) is 5.10 Å². The zero-order valence-corrected chi connectivity index (χ0v) is 21.2. The van der Waals surface area contributed by atoms with Crippen LogP contribution in [0.2, 0.25) is 0 Å². The Morgan fingerprint density at radius 1 is 1.12 bits per heavy atom. The van der Waals surface area contributed by atoms with E-state index in [9.17, 15) is 18.0 Å². The number of para-hydroxylation sites is 1. The fourth-order valence-electron chi connectivity index (χ4n) is 3.41. The number of piperidine rings is 1. The summed E-state index contributed by atoms with van der Waals surface area (Å²) in [6.45, 7) is 1.15. The Labute approximate surface area is 207 Å². The van der Waals surface area contributed by atoms with Gasteiger partial charge in [0, 0.05) is 17.6 Å². The van der Waals surface area contributed by atoms with Gasteiger partial charge >= 0.3 is 0 Å². The first-order valence-electron chi connectivity index (χ1n) is 10.8. The van der Waals surface area contributed by atoms with E-state index in [0.29, 0.717) is 21.5 Å². The number of hydrogen-bond donors (Lipinski definition) is 1. The first kappa shape index (κ1) is 25.7. The summed E-state index contributed by atoms with van der Waals surface area (Å²) in [5, 5.41) is 3.90. The predicted octanol–water partition coefficient (Wildman–Crippen LogP) is 2.76. The molecule has 182 valence electrons. The van der Waals surface area contributed by atoms with Gasteiger partial charge in [-0.05, 0) is 77.2 Å². The molecular weight excluding hydrogens is 524 g/mol. The van der Waals surface area contributed by atoms with Crippen molar-refractivity contribution in [2.75, 3.05) is 36.8 Å². The van der Waals surface area contributed by atoms with E-state index in [1.807, 2.05) is 4.90 Å². The fourth-order valence-corrected chi connectivity index (χ4v) is 4.89. The van der Waals surface area contributed by atoms with Gasteiger partial charge < -0.3 is 9.64 Å². The van der Waals surface area contributed by atoms with E-state index in [4.69, 9.17) is 4.74 Å². The summed E-state index contributed by atoms with van der Waals surface area (Å²) in [5.74, 6) is -0.0453. The van der Waals surface area contributed by atoms with E-state index < -0.39 is 22.5 Å². The Morgan fingerprint density at radius 3 is 2.44 bits per heavy atom. The van der Waals surface area contributed by atoms with Gasteiger partial charge in [0.25, 0.3) is 11.8 Å². The van der Waals surface area contributed by atoms with Gasteiger partial charge in [0.15, 0.2) is 6.61 Å². The monoisotopic (exact) mass is 550 g/mol. The highest BCUT2D eigenvalue weighted by molar-refractivity contribution is 9.10. The van der Waals surface area contributed by atoms with Crippen molar-refractivity contribution < 1.29 is 22.7 Å². The third-order valence-corrected chi connectivity index (χ3v) is 6.96. The maximum Gasteiger partial charge on any atom is 0.260 e. The fraction of sp³-hybridized carbons (Fsp3) is 0.348. The predicted molar refractivity (Wildman–Crippen MR) is 134 cm³/mol. The first-order chi connectivity index (χ1) is 16.2. The first-order valence-corrected chi connectivity index (χ1v) is 13.4. The van der Waals surface area contributed by atoms with Crippen molar-refractivity contribution in [3.05, 3.63) is 58.6 Å². The molecule has 2 amide bonds. The van der Waals surface area contributed by atoms with Crippen LogP contribution in [0.15, 0.2) is 58.1 Å². The molecule has 1 heterocycles. The molecule has 3 rings (SSSR count). The lowest BCUT2D eigenvalue weighted by Crippen LogP contribution is -2.39. The Morgan fingerprint density at radius 2 is 1.79 bits per heavy atom. The molecule has 1 saturated heterocycles. The summed E-state index contributed by atoms with van der Waals surface area (Å²) in [5.41, 5.74) is 3.40. The van der Waals surface area contributed by atoms with Gasteiger partial charge in [0.05, 0.1) is 18.2 Å². The number of halogens is 1. The van der Waals surface area contributed by atoms with Gasteiger partial charge in [-0.15, -0.1) is 0 Å². The zero-order valence-electron chi connectivity index (χ0n) is 18.8. The average molecular weight is 551 g/mol. The molecule has 0 saturated carbocycles. The maximum absolute atomic E-state index is 12.3. The van der Waals surface area contributed by atoms with Crippen LogP contribution in [-0.4, -0.2) is 63.8 Å².